The van der Waals surface area contributed by atoms with Crippen molar-refractivity contribution in [2.75, 3.05) is 14.1 Å². The van der Waals surface area contributed by atoms with E-state index in [1.54, 1.807) is 27.1 Å². The standard InChI is InChI=1S/C24H26N2O7/c1-9(2)11-5-6-14(27)16-12(11)7-10-8-13-18(26(3)4)20(29)17(23(25)32)22(31)24(13,33)21(30)15(10)19(16)28/h5-6,10,13,18,27,29-30,33H,1,7-8H2,2-4H3,(H2,25,32)/t10-,13-,18-,24-/m0/s1. The fourth-order valence-corrected chi connectivity index (χ4v) is 5.65. The van der Waals surface area contributed by atoms with E-state index >= 15 is 0 Å². The highest BCUT2D eigenvalue weighted by Gasteiger charge is 2.63. The minimum Gasteiger partial charge on any atom is -0.510 e. The van der Waals surface area contributed by atoms with E-state index in [-0.39, 0.29) is 29.7 Å². The average molecular weight is 454 g/mol. The van der Waals surface area contributed by atoms with Crippen LogP contribution in [0.5, 0.6) is 5.75 Å². The maximum atomic E-state index is 13.5. The van der Waals surface area contributed by atoms with Gasteiger partial charge in [0.2, 0.25) is 5.78 Å². The summed E-state index contributed by atoms with van der Waals surface area (Å²) in [5, 5.41) is 43.9. The summed E-state index contributed by atoms with van der Waals surface area (Å²) in [5.41, 5.74) is 3.61. The lowest BCUT2D eigenvalue weighted by molar-refractivity contribution is -0.148. The van der Waals surface area contributed by atoms with Gasteiger partial charge in [0, 0.05) is 11.5 Å². The van der Waals surface area contributed by atoms with E-state index in [1.807, 2.05) is 0 Å². The number of rotatable bonds is 3. The highest BCUT2D eigenvalue weighted by atomic mass is 16.3. The number of benzene rings is 1. The molecule has 1 aromatic rings. The Labute approximate surface area is 190 Å². The molecule has 1 amide bonds. The van der Waals surface area contributed by atoms with E-state index in [0.717, 1.165) is 0 Å². The Balaban J connectivity index is 1.99. The normalized spacial score (nSPS) is 29.1. The van der Waals surface area contributed by atoms with Crippen molar-refractivity contribution in [2.24, 2.45) is 17.6 Å². The third-order valence-electron chi connectivity index (χ3n) is 7.07. The number of hydrogen-bond donors (Lipinski definition) is 5. The number of likely N-dealkylation sites (N-methyl/N-ethyl adjacent to an activating group) is 1. The monoisotopic (exact) mass is 454 g/mol. The number of Topliss-reactive ketones (excluding diaryl/α,β-unsaturated/α-hetero) is 2. The molecule has 0 spiro atoms. The van der Waals surface area contributed by atoms with Crippen LogP contribution in [0, 0.1) is 11.8 Å². The quantitative estimate of drug-likeness (QED) is 0.425. The molecule has 33 heavy (non-hydrogen) atoms. The van der Waals surface area contributed by atoms with Gasteiger partial charge in [0.15, 0.2) is 11.4 Å². The molecule has 0 aliphatic heterocycles. The number of aliphatic hydroxyl groups is 3. The molecule has 0 radical (unpaired) electrons. The predicted octanol–water partition coefficient (Wildman–Crippen LogP) is 1.15. The number of allylic oxidation sites excluding steroid dienone is 2. The molecule has 0 saturated heterocycles. The molecule has 0 saturated carbocycles. The number of carbonyl (C=O) groups excluding carboxylic acids is 3. The SMILES string of the molecule is C=C(C)c1ccc(O)c2c1C[C@H]1C[C@H]3[C@H](N(C)C)C(O)=C(C(N)=O)C(=O)[C@@]3(O)C(O)=C1C2=O. The number of phenolic OH excluding ortho intramolecular Hbond substituents is 1. The van der Waals surface area contributed by atoms with Gasteiger partial charge in [0.25, 0.3) is 5.91 Å². The number of primary amides is 1. The molecule has 0 fully saturated rings. The van der Waals surface area contributed by atoms with Crippen LogP contribution in [0.1, 0.15) is 34.8 Å². The Bertz CT molecular complexity index is 1210. The Morgan fingerprint density at radius 2 is 1.85 bits per heavy atom. The number of aromatic hydroxyl groups is 1. The first kappa shape index (κ1) is 22.8. The first-order chi connectivity index (χ1) is 15.3. The number of carbonyl (C=O) groups is 3. The molecule has 6 N–H and O–H groups in total. The van der Waals surface area contributed by atoms with Crippen molar-refractivity contribution in [3.63, 3.8) is 0 Å². The molecule has 0 aromatic heterocycles. The summed E-state index contributed by atoms with van der Waals surface area (Å²) in [4.78, 5) is 40.2. The summed E-state index contributed by atoms with van der Waals surface area (Å²) >= 11 is 0. The van der Waals surface area contributed by atoms with E-state index in [4.69, 9.17) is 5.73 Å². The van der Waals surface area contributed by atoms with Crippen LogP contribution >= 0.6 is 0 Å². The van der Waals surface area contributed by atoms with Gasteiger partial charge in [-0.3, -0.25) is 19.3 Å². The summed E-state index contributed by atoms with van der Waals surface area (Å²) in [6, 6.07) is 2.01. The molecular weight excluding hydrogens is 428 g/mol. The van der Waals surface area contributed by atoms with E-state index < -0.39 is 58.0 Å². The second-order valence-corrected chi connectivity index (χ2v) is 9.23. The molecule has 4 atom stereocenters. The van der Waals surface area contributed by atoms with Crippen molar-refractivity contribution in [2.45, 2.75) is 31.4 Å². The van der Waals surface area contributed by atoms with E-state index in [1.165, 1.54) is 11.0 Å². The number of amides is 1. The topological polar surface area (TPSA) is 161 Å². The fourth-order valence-electron chi connectivity index (χ4n) is 5.65. The minimum absolute atomic E-state index is 0.0173. The van der Waals surface area contributed by atoms with E-state index in [2.05, 4.69) is 6.58 Å². The number of aliphatic hydroxyl groups excluding tert-OH is 2. The van der Waals surface area contributed by atoms with Crippen LogP contribution in [0.4, 0.5) is 0 Å². The zero-order valence-corrected chi connectivity index (χ0v) is 18.5. The van der Waals surface area contributed by atoms with Crippen LogP contribution in [0.25, 0.3) is 5.57 Å². The van der Waals surface area contributed by atoms with Gasteiger partial charge >= 0.3 is 0 Å². The molecule has 3 aliphatic carbocycles. The van der Waals surface area contributed by atoms with Crippen LogP contribution in [-0.4, -0.2) is 68.5 Å². The van der Waals surface area contributed by atoms with Crippen LogP contribution in [0.3, 0.4) is 0 Å². The Morgan fingerprint density at radius 3 is 2.39 bits per heavy atom. The Kier molecular flexibility index (Phi) is 5.03. The lowest BCUT2D eigenvalue weighted by Gasteiger charge is -2.50. The van der Waals surface area contributed by atoms with Gasteiger partial charge in [0.1, 0.15) is 22.8 Å². The van der Waals surface area contributed by atoms with E-state index in [9.17, 15) is 34.8 Å². The molecule has 0 unspecified atom stereocenters. The highest BCUT2D eigenvalue weighted by molar-refractivity contribution is 6.24. The largest absolute Gasteiger partial charge is 0.510 e. The molecular formula is C24H26N2O7. The number of hydrogen-bond acceptors (Lipinski definition) is 8. The summed E-state index contributed by atoms with van der Waals surface area (Å²) in [7, 11) is 3.18. The van der Waals surface area contributed by atoms with Gasteiger partial charge in [-0.1, -0.05) is 18.2 Å². The van der Waals surface area contributed by atoms with Crippen molar-refractivity contribution >= 4 is 23.0 Å². The lowest BCUT2D eigenvalue weighted by Crippen LogP contribution is -2.63. The summed E-state index contributed by atoms with van der Waals surface area (Å²) in [6.07, 6.45) is 0.294. The summed E-state index contributed by atoms with van der Waals surface area (Å²) < 4.78 is 0. The molecule has 4 rings (SSSR count). The average Bonchev–Trinajstić information content (AvgIpc) is 2.70. The van der Waals surface area contributed by atoms with Gasteiger partial charge in [-0.25, -0.2) is 0 Å². The Hall–Kier alpha value is -3.43. The third kappa shape index (κ3) is 2.89. The smallest absolute Gasteiger partial charge is 0.255 e. The number of phenols is 1. The number of fused-ring (bicyclic) bond motifs is 3. The predicted molar refractivity (Wildman–Crippen MR) is 118 cm³/mol. The molecule has 1 aromatic carbocycles. The summed E-state index contributed by atoms with van der Waals surface area (Å²) in [6.45, 7) is 5.71. The lowest BCUT2D eigenvalue weighted by atomic mass is 9.58. The third-order valence-corrected chi connectivity index (χ3v) is 7.07. The zero-order valence-electron chi connectivity index (χ0n) is 18.5. The van der Waals surface area contributed by atoms with Crippen molar-refractivity contribution in [1.29, 1.82) is 0 Å². The molecule has 9 heteroatoms. The van der Waals surface area contributed by atoms with Crippen LogP contribution in [0.2, 0.25) is 0 Å². The van der Waals surface area contributed by atoms with Gasteiger partial charge in [-0.05, 0) is 57.0 Å². The minimum atomic E-state index is -2.63. The van der Waals surface area contributed by atoms with Gasteiger partial charge < -0.3 is 26.2 Å². The van der Waals surface area contributed by atoms with Crippen molar-refractivity contribution in [3.05, 3.63) is 58.1 Å². The van der Waals surface area contributed by atoms with Crippen molar-refractivity contribution < 1.29 is 34.8 Å². The summed E-state index contributed by atoms with van der Waals surface area (Å²) in [5.74, 6) is -6.61. The van der Waals surface area contributed by atoms with Crippen LogP contribution in [-0.2, 0) is 16.0 Å². The zero-order chi connectivity index (χ0) is 24.6. The molecule has 0 heterocycles. The maximum Gasteiger partial charge on any atom is 0.255 e. The van der Waals surface area contributed by atoms with Gasteiger partial charge in [-0.15, -0.1) is 0 Å². The molecule has 9 nitrogen and oxygen atoms in total. The molecule has 0 bridgehead atoms. The van der Waals surface area contributed by atoms with Crippen molar-refractivity contribution in [1.82, 2.24) is 4.90 Å². The molecule has 3 aliphatic rings. The first-order valence-corrected chi connectivity index (χ1v) is 10.5. The molecule has 174 valence electrons. The Morgan fingerprint density at radius 1 is 1.21 bits per heavy atom. The maximum absolute atomic E-state index is 13.5. The van der Waals surface area contributed by atoms with Gasteiger partial charge in [-0.2, -0.15) is 0 Å². The van der Waals surface area contributed by atoms with Crippen LogP contribution in [0.15, 0.2) is 41.4 Å². The van der Waals surface area contributed by atoms with Crippen LogP contribution < -0.4 is 5.73 Å². The first-order valence-electron chi connectivity index (χ1n) is 10.5. The second kappa shape index (κ2) is 7.29. The second-order valence-electron chi connectivity index (χ2n) is 9.23. The highest BCUT2D eigenvalue weighted by Crippen LogP contribution is 2.52. The van der Waals surface area contributed by atoms with E-state index in [0.29, 0.717) is 16.7 Å². The van der Waals surface area contributed by atoms with Gasteiger partial charge in [0.05, 0.1) is 11.6 Å². The number of ketones is 2. The number of nitrogens with two attached hydrogens (primary N) is 1. The fraction of sp³-hybridized carbons (Fsp3) is 0.375. The van der Waals surface area contributed by atoms with Crippen molar-refractivity contribution in [3.8, 4) is 5.75 Å². The number of nitrogens with zero attached hydrogens (tertiary/aromatic N) is 1.